The van der Waals surface area contributed by atoms with Crippen molar-refractivity contribution in [1.29, 1.82) is 5.26 Å². The Kier molecular flexibility index (Phi) is 7.00. The van der Waals surface area contributed by atoms with Crippen LogP contribution in [0.15, 0.2) is 54.7 Å². The van der Waals surface area contributed by atoms with Gasteiger partial charge in [0.15, 0.2) is 5.69 Å². The van der Waals surface area contributed by atoms with E-state index in [4.69, 9.17) is 13.0 Å². The fourth-order valence-corrected chi connectivity index (χ4v) is 5.87. The van der Waals surface area contributed by atoms with Gasteiger partial charge in [0.25, 0.3) is 5.91 Å². The number of fused-ring (bicyclic) bond motifs is 1. The van der Waals surface area contributed by atoms with Gasteiger partial charge in [0.05, 0.1) is 0 Å². The number of hydrogen-bond donors (Lipinski definition) is 1. The van der Waals surface area contributed by atoms with E-state index >= 15 is 0 Å². The number of carbonyl (C=O) groups excluding carboxylic acids is 2. The van der Waals surface area contributed by atoms with Crippen LogP contribution in [0.3, 0.4) is 0 Å². The van der Waals surface area contributed by atoms with Gasteiger partial charge in [-0.15, -0.1) is 0 Å². The second-order valence-electron chi connectivity index (χ2n) is 12.4. The number of carbonyl (C=O) groups is 2. The van der Waals surface area contributed by atoms with Crippen molar-refractivity contribution < 1.29 is 22.6 Å². The lowest BCUT2D eigenvalue weighted by atomic mass is 9.93. The van der Waals surface area contributed by atoms with Gasteiger partial charge in [-0.25, -0.2) is 14.8 Å². The summed E-state index contributed by atoms with van der Waals surface area (Å²) in [5, 5.41) is 13.4. The highest BCUT2D eigenvalue weighted by molar-refractivity contribution is 5.96. The highest BCUT2D eigenvalue weighted by atomic mass is 16.6. The number of aromatic nitrogens is 3. The van der Waals surface area contributed by atoms with Crippen molar-refractivity contribution in [2.45, 2.75) is 52.7 Å². The van der Waals surface area contributed by atoms with Gasteiger partial charge in [0, 0.05) is 76.8 Å². The summed E-state index contributed by atoms with van der Waals surface area (Å²) in [5.41, 5.74) is 5.33. The molecule has 0 fully saturated rings. The highest BCUT2D eigenvalue weighted by Crippen LogP contribution is 2.36. The molecular weight excluding hydrogens is 578 g/mol. The molecule has 4 heterocycles. The Balaban J connectivity index is 1.36. The van der Waals surface area contributed by atoms with Gasteiger partial charge in [-0.05, 0) is 99.7 Å². The second-order valence-corrected chi connectivity index (χ2v) is 12.4. The first-order valence-electron chi connectivity index (χ1n) is 17.9. The molecule has 2 amide bonds. The Labute approximate surface area is 278 Å². The molecule has 4 aromatic rings. The number of nitriles is 1. The first-order chi connectivity index (χ1) is 24.2. The maximum absolute atomic E-state index is 13.0. The van der Waals surface area contributed by atoms with Gasteiger partial charge < -0.3 is 14.2 Å². The van der Waals surface area contributed by atoms with Crippen LogP contribution in [0.2, 0.25) is 0 Å². The Morgan fingerprint density at radius 2 is 1.89 bits per heavy atom. The molecule has 10 heteroatoms. The lowest BCUT2D eigenvalue weighted by molar-refractivity contribution is 0.0635. The number of anilines is 1. The molecule has 3 aromatic heterocycles. The molecule has 0 saturated carbocycles. The van der Waals surface area contributed by atoms with Gasteiger partial charge in [-0.3, -0.25) is 15.0 Å². The number of hydrogen-bond acceptors (Lipinski definition) is 7. The normalized spacial score (nSPS) is 16.8. The van der Waals surface area contributed by atoms with Crippen LogP contribution in [0, 0.1) is 18.3 Å². The summed E-state index contributed by atoms with van der Waals surface area (Å²) in [7, 11) is 1.96. The van der Waals surface area contributed by atoms with E-state index in [0.717, 1.165) is 45.5 Å². The molecule has 1 atom stereocenters. The lowest BCUT2D eigenvalue weighted by Gasteiger charge is -2.32. The molecule has 1 aliphatic rings. The monoisotopic (exact) mass is 625 g/mol. The molecule has 238 valence electrons. The van der Waals surface area contributed by atoms with E-state index in [1.165, 1.54) is 12.1 Å². The van der Waals surface area contributed by atoms with Gasteiger partial charge in [0.2, 0.25) is 0 Å². The molecule has 0 radical (unpaired) electrons. The molecule has 0 saturated heterocycles. The standard InChI is InChI=1S/C36H41N7O3/c1-22-19-25(34(44)41(6)7)9-10-26(22)24-14-17-43(18-15-24)23(2)31-20-29-27(13-16-38-33(29)42(31)8)28-11-12-32(39-30(28)21-37)40-35(45)46-36(3,4)5/h9-14,16,19-20,23H,15,17-18H2,1-8H3,(H,39,40,45)/i6D3,7D3. The third kappa shape index (κ3) is 6.65. The molecule has 0 aliphatic carbocycles. The first-order valence-corrected chi connectivity index (χ1v) is 14.9. The van der Waals surface area contributed by atoms with Crippen molar-refractivity contribution in [3.8, 4) is 17.2 Å². The number of nitrogens with zero attached hydrogens (tertiary/aromatic N) is 6. The number of pyridine rings is 2. The molecular formula is C36H41N7O3. The first kappa shape index (κ1) is 25.2. The van der Waals surface area contributed by atoms with Crippen molar-refractivity contribution in [2.75, 3.05) is 32.4 Å². The Morgan fingerprint density at radius 1 is 1.13 bits per heavy atom. The third-order valence-electron chi connectivity index (χ3n) is 8.13. The summed E-state index contributed by atoms with van der Waals surface area (Å²) in [6.07, 6.45) is 3.87. The van der Waals surface area contributed by atoms with Crippen LogP contribution in [0.25, 0.3) is 27.7 Å². The van der Waals surface area contributed by atoms with E-state index in [1.54, 1.807) is 45.2 Å². The van der Waals surface area contributed by atoms with Gasteiger partial charge in [0.1, 0.15) is 23.1 Å². The molecule has 5 rings (SSSR count). The molecule has 0 spiro atoms. The van der Waals surface area contributed by atoms with E-state index in [9.17, 15) is 14.9 Å². The Hall–Kier alpha value is -5.01. The predicted octanol–water partition coefficient (Wildman–Crippen LogP) is 6.71. The summed E-state index contributed by atoms with van der Waals surface area (Å²) in [5.74, 6) is -0.875. The number of rotatable bonds is 6. The zero-order valence-electron chi connectivity index (χ0n) is 32.8. The molecule has 1 N–H and O–H groups in total. The Bertz CT molecular complexity index is 2090. The van der Waals surface area contributed by atoms with Crippen LogP contribution in [0.4, 0.5) is 10.6 Å². The predicted molar refractivity (Wildman–Crippen MR) is 180 cm³/mol. The van der Waals surface area contributed by atoms with Gasteiger partial charge >= 0.3 is 6.09 Å². The van der Waals surface area contributed by atoms with Crippen LogP contribution < -0.4 is 5.32 Å². The van der Waals surface area contributed by atoms with Crippen LogP contribution in [0.1, 0.15) is 81.3 Å². The number of nitrogens with one attached hydrogen (secondary N) is 1. The number of aryl methyl sites for hydroxylation is 2. The Morgan fingerprint density at radius 3 is 2.54 bits per heavy atom. The average molecular weight is 626 g/mol. The minimum atomic E-state index is -3.12. The summed E-state index contributed by atoms with van der Waals surface area (Å²) >= 11 is 0. The van der Waals surface area contributed by atoms with Crippen LogP contribution in [0.5, 0.6) is 0 Å². The van der Waals surface area contributed by atoms with Crippen molar-refractivity contribution in [2.24, 2.45) is 7.05 Å². The maximum Gasteiger partial charge on any atom is 0.413 e. The molecule has 46 heavy (non-hydrogen) atoms. The van der Waals surface area contributed by atoms with Crippen LogP contribution >= 0.6 is 0 Å². The average Bonchev–Trinajstić information content (AvgIpc) is 3.38. The number of benzene rings is 1. The summed E-state index contributed by atoms with van der Waals surface area (Å²) in [6, 6.07) is 14.2. The fraction of sp³-hybridized carbons (Fsp3) is 0.361. The van der Waals surface area contributed by atoms with E-state index in [-0.39, 0.29) is 28.0 Å². The van der Waals surface area contributed by atoms with Gasteiger partial charge in [-0.1, -0.05) is 12.1 Å². The largest absolute Gasteiger partial charge is 0.444 e. The second kappa shape index (κ2) is 12.8. The minimum absolute atomic E-state index is 0.00464. The fourth-order valence-electron chi connectivity index (χ4n) is 5.87. The van der Waals surface area contributed by atoms with Crippen molar-refractivity contribution >= 4 is 34.4 Å². The van der Waals surface area contributed by atoms with E-state index in [1.807, 2.05) is 24.6 Å². The third-order valence-corrected chi connectivity index (χ3v) is 8.13. The van der Waals surface area contributed by atoms with Crippen LogP contribution in [-0.4, -0.2) is 69.0 Å². The SMILES string of the molecule is [2H]C([2H])([2H])N(C(=O)c1ccc(C2=CCN(C(C)c3cc4c(-c5ccc(NC(=O)OC(C)(C)C)nc5C#N)ccnc4n3C)CC2)c(C)c1)C([2H])([2H])[2H]. The highest BCUT2D eigenvalue weighted by Gasteiger charge is 2.25. The van der Waals surface area contributed by atoms with Crippen molar-refractivity contribution in [3.05, 3.63) is 82.8 Å². The maximum atomic E-state index is 13.0. The quantitative estimate of drug-likeness (QED) is 0.253. The lowest BCUT2D eigenvalue weighted by Crippen LogP contribution is -2.32. The molecule has 1 aliphatic heterocycles. The van der Waals surface area contributed by atoms with E-state index in [2.05, 4.69) is 45.3 Å². The molecule has 0 bridgehead atoms. The summed E-state index contributed by atoms with van der Waals surface area (Å²) < 4.78 is 52.9. The van der Waals surface area contributed by atoms with E-state index in [0.29, 0.717) is 18.5 Å². The number of amides is 2. The zero-order valence-corrected chi connectivity index (χ0v) is 26.8. The smallest absolute Gasteiger partial charge is 0.413 e. The number of ether oxygens (including phenoxy) is 1. The van der Waals surface area contributed by atoms with Crippen molar-refractivity contribution in [3.63, 3.8) is 0 Å². The van der Waals surface area contributed by atoms with Gasteiger partial charge in [-0.2, -0.15) is 5.26 Å². The van der Waals surface area contributed by atoms with Crippen LogP contribution in [-0.2, 0) is 11.8 Å². The molecule has 1 aromatic carbocycles. The minimum Gasteiger partial charge on any atom is -0.444 e. The molecule has 10 nitrogen and oxygen atoms in total. The van der Waals surface area contributed by atoms with Crippen molar-refractivity contribution in [1.82, 2.24) is 24.3 Å². The molecule has 1 unspecified atom stereocenters. The van der Waals surface area contributed by atoms with E-state index < -0.39 is 31.6 Å². The topological polar surface area (TPSA) is 116 Å². The summed E-state index contributed by atoms with van der Waals surface area (Å²) in [4.78, 5) is 36.6. The zero-order chi connectivity index (χ0) is 38.3. The summed E-state index contributed by atoms with van der Waals surface area (Å²) in [6.45, 7) is 4.35.